The molecule has 1 N–H and O–H groups in total. The zero-order chi connectivity index (χ0) is 7.33. The highest BCUT2D eigenvalue weighted by molar-refractivity contribution is 6.22. The van der Waals surface area contributed by atoms with Crippen molar-refractivity contribution in [1.82, 2.24) is 5.32 Å². The largest absolute Gasteiger partial charge is 0.312 e. The number of hydrogen-bond acceptors (Lipinski definition) is 1. The fourth-order valence-electron chi connectivity index (χ4n) is 0.535. The van der Waals surface area contributed by atoms with Crippen LogP contribution in [0.25, 0.3) is 0 Å². The Morgan fingerprint density at radius 2 is 1.78 bits per heavy atom. The molecule has 0 saturated heterocycles. The molecule has 0 aromatic rings. The lowest BCUT2D eigenvalue weighted by molar-refractivity contribution is 0.422. The van der Waals surface area contributed by atoms with Gasteiger partial charge in [0.2, 0.25) is 0 Å². The van der Waals surface area contributed by atoms with E-state index in [9.17, 15) is 0 Å². The molecule has 0 aliphatic rings. The van der Waals surface area contributed by atoms with Gasteiger partial charge in [0.25, 0.3) is 0 Å². The van der Waals surface area contributed by atoms with Gasteiger partial charge in [-0.1, -0.05) is 6.92 Å². The fourth-order valence-corrected chi connectivity index (χ4v) is 1.47. The van der Waals surface area contributed by atoms with Crippen molar-refractivity contribution in [3.05, 3.63) is 0 Å². The first-order chi connectivity index (χ1) is 4.24. The second kappa shape index (κ2) is 4.37. The second-order valence-electron chi connectivity index (χ2n) is 2.15. The maximum absolute atomic E-state index is 5.68. The Balaban J connectivity index is 3.82. The molecule has 56 valence electrons. The van der Waals surface area contributed by atoms with Gasteiger partial charge in [-0.2, -0.15) is 0 Å². The van der Waals surface area contributed by atoms with E-state index in [1.54, 1.807) is 0 Å². The molecule has 1 nitrogen and oxygen atoms in total. The van der Waals surface area contributed by atoms with E-state index in [0.29, 0.717) is 11.8 Å². The van der Waals surface area contributed by atoms with Crippen molar-refractivity contribution >= 4 is 23.2 Å². The molecule has 0 bridgehead atoms. The van der Waals surface area contributed by atoms with Crippen molar-refractivity contribution in [3.63, 3.8) is 0 Å². The Kier molecular flexibility index (Phi) is 4.63. The third-order valence-corrected chi connectivity index (χ3v) is 2.74. The van der Waals surface area contributed by atoms with E-state index in [4.69, 9.17) is 23.2 Å². The number of halogens is 2. The zero-order valence-electron chi connectivity index (χ0n) is 5.88. The van der Waals surface area contributed by atoms with Crippen molar-refractivity contribution in [3.8, 4) is 0 Å². The standard InChI is InChI=1S/C6H13Cl2N/c1-3-6(4-7,5-8)9-2/h9H,3-5H2,1-2H3. The lowest BCUT2D eigenvalue weighted by Crippen LogP contribution is -2.46. The molecular weight excluding hydrogens is 157 g/mol. The van der Waals surface area contributed by atoms with E-state index < -0.39 is 0 Å². The molecular formula is C6H13Cl2N. The summed E-state index contributed by atoms with van der Waals surface area (Å²) >= 11 is 11.4. The summed E-state index contributed by atoms with van der Waals surface area (Å²) in [6, 6.07) is 0. The Labute approximate surface area is 66.7 Å². The topological polar surface area (TPSA) is 12.0 Å². The van der Waals surface area contributed by atoms with E-state index >= 15 is 0 Å². The summed E-state index contributed by atoms with van der Waals surface area (Å²) in [5.74, 6) is 1.15. The molecule has 0 radical (unpaired) electrons. The van der Waals surface area contributed by atoms with Crippen LogP contribution >= 0.6 is 23.2 Å². The van der Waals surface area contributed by atoms with Gasteiger partial charge in [-0.05, 0) is 13.5 Å². The summed E-state index contributed by atoms with van der Waals surface area (Å²) in [5, 5.41) is 3.10. The van der Waals surface area contributed by atoms with Crippen LogP contribution in [0, 0.1) is 0 Å². The quantitative estimate of drug-likeness (QED) is 0.634. The first-order valence-corrected chi connectivity index (χ1v) is 4.12. The van der Waals surface area contributed by atoms with Crippen LogP contribution in [0.2, 0.25) is 0 Å². The van der Waals surface area contributed by atoms with Gasteiger partial charge < -0.3 is 5.32 Å². The maximum Gasteiger partial charge on any atom is 0.0448 e. The summed E-state index contributed by atoms with van der Waals surface area (Å²) in [4.78, 5) is 0. The van der Waals surface area contributed by atoms with Crippen LogP contribution in [-0.2, 0) is 0 Å². The third kappa shape index (κ3) is 2.32. The molecule has 9 heavy (non-hydrogen) atoms. The van der Waals surface area contributed by atoms with Gasteiger partial charge >= 0.3 is 0 Å². The monoisotopic (exact) mass is 169 g/mol. The van der Waals surface area contributed by atoms with Gasteiger partial charge in [0.05, 0.1) is 0 Å². The molecule has 0 aromatic heterocycles. The van der Waals surface area contributed by atoms with Gasteiger partial charge in [0.1, 0.15) is 0 Å². The molecule has 0 fully saturated rings. The van der Waals surface area contributed by atoms with Gasteiger partial charge in [0, 0.05) is 17.3 Å². The molecule has 0 rings (SSSR count). The second-order valence-corrected chi connectivity index (χ2v) is 2.69. The zero-order valence-corrected chi connectivity index (χ0v) is 7.39. The van der Waals surface area contributed by atoms with Crippen LogP contribution in [0.5, 0.6) is 0 Å². The molecule has 0 aliphatic carbocycles. The average molecular weight is 170 g/mol. The van der Waals surface area contributed by atoms with Gasteiger partial charge in [-0.15, -0.1) is 23.2 Å². The van der Waals surface area contributed by atoms with Gasteiger partial charge in [-0.3, -0.25) is 0 Å². The smallest absolute Gasteiger partial charge is 0.0448 e. The van der Waals surface area contributed by atoms with Crippen LogP contribution < -0.4 is 5.32 Å². The van der Waals surface area contributed by atoms with Crippen molar-refractivity contribution < 1.29 is 0 Å². The molecule has 3 heteroatoms. The Hall–Kier alpha value is 0.540. The van der Waals surface area contributed by atoms with Crippen molar-refractivity contribution in [2.75, 3.05) is 18.8 Å². The summed E-state index contributed by atoms with van der Waals surface area (Å²) in [6.07, 6.45) is 0.969. The van der Waals surface area contributed by atoms with E-state index in [0.717, 1.165) is 6.42 Å². The van der Waals surface area contributed by atoms with Crippen molar-refractivity contribution in [2.45, 2.75) is 18.9 Å². The van der Waals surface area contributed by atoms with Crippen LogP contribution in [0.3, 0.4) is 0 Å². The molecule has 0 unspecified atom stereocenters. The molecule has 0 heterocycles. The molecule has 0 amide bonds. The Bertz CT molecular complexity index is 53.9. The fraction of sp³-hybridized carbons (Fsp3) is 1.00. The summed E-state index contributed by atoms with van der Waals surface area (Å²) in [6.45, 7) is 2.07. The predicted molar refractivity (Wildman–Crippen MR) is 43.5 cm³/mol. The highest BCUT2D eigenvalue weighted by atomic mass is 35.5. The molecule has 0 saturated carbocycles. The number of alkyl halides is 2. The average Bonchev–Trinajstić information content (AvgIpc) is 1.95. The summed E-state index contributed by atoms with van der Waals surface area (Å²) in [7, 11) is 1.88. The van der Waals surface area contributed by atoms with Gasteiger partial charge in [0.15, 0.2) is 0 Å². The van der Waals surface area contributed by atoms with Crippen molar-refractivity contribution in [2.24, 2.45) is 0 Å². The first-order valence-electron chi connectivity index (χ1n) is 3.05. The molecule has 0 spiro atoms. The van der Waals surface area contributed by atoms with Crippen LogP contribution in [0.15, 0.2) is 0 Å². The highest BCUT2D eigenvalue weighted by Gasteiger charge is 2.22. The normalized spacial score (nSPS) is 12.0. The minimum Gasteiger partial charge on any atom is -0.312 e. The van der Waals surface area contributed by atoms with E-state index in [1.807, 2.05) is 7.05 Å². The first kappa shape index (κ1) is 9.54. The van der Waals surface area contributed by atoms with Crippen LogP contribution in [-0.4, -0.2) is 24.3 Å². The van der Waals surface area contributed by atoms with Crippen molar-refractivity contribution in [1.29, 1.82) is 0 Å². The number of hydrogen-bond donors (Lipinski definition) is 1. The minimum atomic E-state index is -0.0525. The SMILES string of the molecule is CCC(CCl)(CCl)NC. The van der Waals surface area contributed by atoms with E-state index in [2.05, 4.69) is 12.2 Å². The van der Waals surface area contributed by atoms with E-state index in [1.165, 1.54) is 0 Å². The highest BCUT2D eigenvalue weighted by Crippen LogP contribution is 2.13. The van der Waals surface area contributed by atoms with Crippen LogP contribution in [0.1, 0.15) is 13.3 Å². The van der Waals surface area contributed by atoms with E-state index in [-0.39, 0.29) is 5.54 Å². The molecule has 0 atom stereocenters. The lowest BCUT2D eigenvalue weighted by atomic mass is 10.0. The Morgan fingerprint density at radius 1 is 1.33 bits per heavy atom. The summed E-state index contributed by atoms with van der Waals surface area (Å²) in [5.41, 5.74) is -0.0525. The minimum absolute atomic E-state index is 0.0525. The number of rotatable bonds is 4. The lowest BCUT2D eigenvalue weighted by Gasteiger charge is -2.27. The summed E-state index contributed by atoms with van der Waals surface area (Å²) < 4.78 is 0. The maximum atomic E-state index is 5.68. The predicted octanol–water partition coefficient (Wildman–Crippen LogP) is 1.83. The molecule has 0 aromatic carbocycles. The Morgan fingerprint density at radius 3 is 1.78 bits per heavy atom. The third-order valence-electron chi connectivity index (χ3n) is 1.72. The number of nitrogens with one attached hydrogen (secondary N) is 1. The van der Waals surface area contributed by atoms with Gasteiger partial charge in [-0.25, -0.2) is 0 Å². The molecule has 0 aliphatic heterocycles. The van der Waals surface area contributed by atoms with Crippen LogP contribution in [0.4, 0.5) is 0 Å².